The van der Waals surface area contributed by atoms with Crippen molar-refractivity contribution in [3.05, 3.63) is 0 Å². The topological polar surface area (TPSA) is 41.9 Å². The standard InChI is InChI=1S/C10H19NO3/c1-11-7-4-5-8(11)9(12)10(6-7,13-2)14-3/h7-9,12H,4-6H2,1-3H3/t7-,8+,9-/m0/s1. The molecule has 0 spiro atoms. The van der Waals surface area contributed by atoms with Crippen LogP contribution in [-0.4, -0.2) is 55.2 Å². The van der Waals surface area contributed by atoms with E-state index in [0.717, 1.165) is 19.3 Å². The lowest BCUT2D eigenvalue weighted by atomic mass is 9.93. The Morgan fingerprint density at radius 3 is 2.50 bits per heavy atom. The van der Waals surface area contributed by atoms with Crippen molar-refractivity contribution >= 4 is 0 Å². The zero-order valence-corrected chi connectivity index (χ0v) is 9.06. The fraction of sp³-hybridized carbons (Fsp3) is 1.00. The molecule has 3 atom stereocenters. The van der Waals surface area contributed by atoms with E-state index in [0.29, 0.717) is 6.04 Å². The zero-order chi connectivity index (χ0) is 10.3. The summed E-state index contributed by atoms with van der Waals surface area (Å²) in [5, 5.41) is 10.2. The predicted octanol–water partition coefficient (Wildman–Crippen LogP) is 0.203. The molecule has 1 N–H and O–H groups in total. The number of hydrogen-bond donors (Lipinski definition) is 1. The highest BCUT2D eigenvalue weighted by atomic mass is 16.7. The molecule has 0 aromatic rings. The summed E-state index contributed by atoms with van der Waals surface area (Å²) in [7, 11) is 5.29. The van der Waals surface area contributed by atoms with E-state index in [-0.39, 0.29) is 6.04 Å². The summed E-state index contributed by atoms with van der Waals surface area (Å²) in [6, 6.07) is 0.678. The van der Waals surface area contributed by atoms with E-state index in [9.17, 15) is 5.11 Å². The first-order chi connectivity index (χ1) is 6.64. The van der Waals surface area contributed by atoms with E-state index in [1.807, 2.05) is 0 Å². The number of hydrogen-bond acceptors (Lipinski definition) is 4. The number of ether oxygens (including phenoxy) is 2. The first kappa shape index (κ1) is 10.4. The molecule has 2 bridgehead atoms. The van der Waals surface area contributed by atoms with Crippen LogP contribution in [0.2, 0.25) is 0 Å². The smallest absolute Gasteiger partial charge is 0.196 e. The molecule has 2 saturated heterocycles. The molecule has 4 heteroatoms. The Labute approximate surface area is 84.8 Å². The van der Waals surface area contributed by atoms with Gasteiger partial charge in [-0.05, 0) is 19.9 Å². The van der Waals surface area contributed by atoms with Crippen molar-refractivity contribution in [3.63, 3.8) is 0 Å². The maximum Gasteiger partial charge on any atom is 0.196 e. The molecule has 0 unspecified atom stereocenters. The minimum atomic E-state index is -0.779. The van der Waals surface area contributed by atoms with Gasteiger partial charge in [-0.2, -0.15) is 0 Å². The summed E-state index contributed by atoms with van der Waals surface area (Å²) < 4.78 is 10.7. The largest absolute Gasteiger partial charge is 0.386 e. The Hall–Kier alpha value is -0.160. The highest BCUT2D eigenvalue weighted by Crippen LogP contribution is 2.41. The predicted molar refractivity (Wildman–Crippen MR) is 51.9 cm³/mol. The molecule has 2 aliphatic rings. The molecule has 0 aromatic carbocycles. The van der Waals surface area contributed by atoms with Gasteiger partial charge in [-0.15, -0.1) is 0 Å². The van der Waals surface area contributed by atoms with Crippen LogP contribution in [0.5, 0.6) is 0 Å². The van der Waals surface area contributed by atoms with Crippen LogP contribution < -0.4 is 0 Å². The highest BCUT2D eigenvalue weighted by molar-refractivity contribution is 5.03. The number of piperidine rings is 1. The van der Waals surface area contributed by atoms with E-state index in [4.69, 9.17) is 9.47 Å². The van der Waals surface area contributed by atoms with Crippen molar-refractivity contribution in [2.75, 3.05) is 21.3 Å². The van der Waals surface area contributed by atoms with Crippen LogP contribution in [-0.2, 0) is 9.47 Å². The molecular weight excluding hydrogens is 182 g/mol. The Morgan fingerprint density at radius 1 is 1.29 bits per heavy atom. The zero-order valence-electron chi connectivity index (χ0n) is 9.06. The maximum atomic E-state index is 10.2. The van der Waals surface area contributed by atoms with Gasteiger partial charge in [0.15, 0.2) is 5.79 Å². The van der Waals surface area contributed by atoms with Gasteiger partial charge in [0.25, 0.3) is 0 Å². The van der Waals surface area contributed by atoms with Gasteiger partial charge in [0, 0.05) is 32.7 Å². The molecule has 2 fully saturated rings. The van der Waals surface area contributed by atoms with Crippen LogP contribution in [0.4, 0.5) is 0 Å². The van der Waals surface area contributed by atoms with E-state index in [1.165, 1.54) is 0 Å². The molecule has 0 aliphatic carbocycles. The summed E-state index contributed by atoms with van der Waals surface area (Å²) in [6.45, 7) is 0. The number of aliphatic hydroxyl groups excluding tert-OH is 1. The number of nitrogens with zero attached hydrogens (tertiary/aromatic N) is 1. The highest BCUT2D eigenvalue weighted by Gasteiger charge is 2.54. The lowest BCUT2D eigenvalue weighted by Crippen LogP contribution is -2.61. The van der Waals surface area contributed by atoms with Crippen molar-refractivity contribution in [1.29, 1.82) is 0 Å². The fourth-order valence-electron chi connectivity index (χ4n) is 2.90. The second-order valence-electron chi connectivity index (χ2n) is 4.33. The van der Waals surface area contributed by atoms with Gasteiger partial charge in [0.2, 0.25) is 0 Å². The molecule has 0 amide bonds. The lowest BCUT2D eigenvalue weighted by molar-refractivity contribution is -0.290. The van der Waals surface area contributed by atoms with Gasteiger partial charge in [0.05, 0.1) is 0 Å². The molecule has 0 aromatic heterocycles. The van der Waals surface area contributed by atoms with E-state index in [2.05, 4.69) is 11.9 Å². The first-order valence-electron chi connectivity index (χ1n) is 5.15. The Kier molecular flexibility index (Phi) is 2.55. The molecule has 4 nitrogen and oxygen atoms in total. The minimum Gasteiger partial charge on any atom is -0.386 e. The lowest BCUT2D eigenvalue weighted by Gasteiger charge is -2.46. The third kappa shape index (κ3) is 1.21. The monoisotopic (exact) mass is 201 g/mol. The number of likely N-dealkylation sites (N-methyl/N-ethyl adjacent to an activating group) is 1. The molecular formula is C10H19NO3. The van der Waals surface area contributed by atoms with Gasteiger partial charge >= 0.3 is 0 Å². The van der Waals surface area contributed by atoms with E-state index in [1.54, 1.807) is 14.2 Å². The Morgan fingerprint density at radius 2 is 1.93 bits per heavy atom. The summed E-state index contributed by atoms with van der Waals surface area (Å²) in [5.41, 5.74) is 0. The second kappa shape index (κ2) is 3.45. The van der Waals surface area contributed by atoms with E-state index >= 15 is 0 Å². The van der Waals surface area contributed by atoms with Gasteiger partial charge < -0.3 is 14.6 Å². The van der Waals surface area contributed by atoms with Crippen molar-refractivity contribution in [2.24, 2.45) is 0 Å². The number of rotatable bonds is 2. The number of methoxy groups -OCH3 is 2. The molecule has 14 heavy (non-hydrogen) atoms. The van der Waals surface area contributed by atoms with Crippen LogP contribution in [0, 0.1) is 0 Å². The summed E-state index contributed by atoms with van der Waals surface area (Å²) in [6.07, 6.45) is 2.39. The fourth-order valence-corrected chi connectivity index (χ4v) is 2.90. The van der Waals surface area contributed by atoms with Crippen molar-refractivity contribution in [3.8, 4) is 0 Å². The summed E-state index contributed by atoms with van der Waals surface area (Å²) in [4.78, 5) is 2.25. The molecule has 82 valence electrons. The van der Waals surface area contributed by atoms with Crippen molar-refractivity contribution < 1.29 is 14.6 Å². The molecule has 0 saturated carbocycles. The van der Waals surface area contributed by atoms with Crippen molar-refractivity contribution in [2.45, 2.75) is 43.2 Å². The average Bonchev–Trinajstić information content (AvgIpc) is 2.47. The Balaban J connectivity index is 2.24. The average molecular weight is 201 g/mol. The van der Waals surface area contributed by atoms with Gasteiger partial charge in [0.1, 0.15) is 6.10 Å². The van der Waals surface area contributed by atoms with E-state index < -0.39 is 11.9 Å². The third-order valence-corrected chi connectivity index (χ3v) is 3.92. The van der Waals surface area contributed by atoms with Gasteiger partial charge in [-0.25, -0.2) is 0 Å². The second-order valence-corrected chi connectivity index (χ2v) is 4.33. The molecule has 2 heterocycles. The van der Waals surface area contributed by atoms with Crippen LogP contribution >= 0.6 is 0 Å². The summed E-state index contributed by atoms with van der Waals surface area (Å²) >= 11 is 0. The quantitative estimate of drug-likeness (QED) is 0.648. The summed E-state index contributed by atoms with van der Waals surface area (Å²) in [5.74, 6) is -0.779. The first-order valence-corrected chi connectivity index (χ1v) is 5.15. The van der Waals surface area contributed by atoms with Crippen LogP contribution in [0.15, 0.2) is 0 Å². The van der Waals surface area contributed by atoms with Crippen molar-refractivity contribution in [1.82, 2.24) is 4.90 Å². The minimum absolute atomic E-state index is 0.189. The third-order valence-electron chi connectivity index (χ3n) is 3.92. The normalized spacial score (nSPS) is 41.6. The molecule has 2 rings (SSSR count). The van der Waals surface area contributed by atoms with Gasteiger partial charge in [-0.1, -0.05) is 0 Å². The number of aliphatic hydroxyl groups is 1. The number of fused-ring (bicyclic) bond motifs is 2. The van der Waals surface area contributed by atoms with Crippen LogP contribution in [0.25, 0.3) is 0 Å². The van der Waals surface area contributed by atoms with Crippen LogP contribution in [0.3, 0.4) is 0 Å². The molecule has 0 radical (unpaired) electrons. The van der Waals surface area contributed by atoms with Gasteiger partial charge in [-0.3, -0.25) is 4.90 Å². The molecule has 2 aliphatic heterocycles. The van der Waals surface area contributed by atoms with Crippen LogP contribution in [0.1, 0.15) is 19.3 Å². The Bertz CT molecular complexity index is 217. The SMILES string of the molecule is COC1(OC)C[C@@H]2CC[C@H]([C@@H]1O)N2C. The maximum absolute atomic E-state index is 10.2.